The number of nitrogens with zero attached hydrogens (tertiary/aromatic N) is 1. The summed E-state index contributed by atoms with van der Waals surface area (Å²) in [5.74, 6) is 0.873. The van der Waals surface area contributed by atoms with Crippen molar-refractivity contribution in [2.24, 2.45) is 4.99 Å². The van der Waals surface area contributed by atoms with Crippen LogP contribution >= 0.6 is 0 Å². The van der Waals surface area contributed by atoms with Crippen LogP contribution in [0.3, 0.4) is 0 Å². The second kappa shape index (κ2) is 9.46. The summed E-state index contributed by atoms with van der Waals surface area (Å²) in [5, 5.41) is 6.53. The second-order valence-electron chi connectivity index (χ2n) is 5.45. The maximum Gasteiger partial charge on any atom is 0.191 e. The van der Waals surface area contributed by atoms with Gasteiger partial charge in [-0.25, -0.2) is 8.42 Å². The molecule has 5 nitrogen and oxygen atoms in total. The van der Waals surface area contributed by atoms with Gasteiger partial charge in [-0.2, -0.15) is 0 Å². The Labute approximate surface area is 134 Å². The highest BCUT2D eigenvalue weighted by Crippen LogP contribution is 2.07. The number of guanidine groups is 1. The van der Waals surface area contributed by atoms with Gasteiger partial charge in [0.2, 0.25) is 0 Å². The molecular weight excluding hydrogens is 298 g/mol. The van der Waals surface area contributed by atoms with Crippen molar-refractivity contribution < 1.29 is 8.42 Å². The van der Waals surface area contributed by atoms with Crippen LogP contribution in [0.4, 0.5) is 0 Å². The van der Waals surface area contributed by atoms with Crippen molar-refractivity contribution in [3.05, 3.63) is 35.4 Å². The molecule has 0 heterocycles. The predicted octanol–water partition coefficient (Wildman–Crippen LogP) is 2.09. The lowest BCUT2D eigenvalue weighted by atomic mass is 10.1. The van der Waals surface area contributed by atoms with E-state index in [1.165, 1.54) is 19.1 Å². The molecule has 0 unspecified atom stereocenters. The highest BCUT2D eigenvalue weighted by atomic mass is 32.2. The van der Waals surface area contributed by atoms with Crippen LogP contribution in [0.15, 0.2) is 29.3 Å². The molecular formula is C16H27N3O2S. The van der Waals surface area contributed by atoms with Crippen LogP contribution in [0.1, 0.15) is 37.3 Å². The Hall–Kier alpha value is -1.56. The number of sulfone groups is 1. The minimum absolute atomic E-state index is 0.0847. The van der Waals surface area contributed by atoms with Gasteiger partial charge in [0.05, 0.1) is 5.75 Å². The van der Waals surface area contributed by atoms with Crippen LogP contribution in [0, 0.1) is 0 Å². The third kappa shape index (κ3) is 8.02. The molecule has 6 heteroatoms. The van der Waals surface area contributed by atoms with E-state index in [2.05, 4.69) is 22.5 Å². The molecule has 0 bridgehead atoms. The fourth-order valence-electron chi connectivity index (χ4n) is 2.04. The van der Waals surface area contributed by atoms with E-state index in [1.54, 1.807) is 7.05 Å². The average molecular weight is 325 g/mol. The molecule has 1 aromatic rings. The number of rotatable bonds is 8. The average Bonchev–Trinajstić information content (AvgIpc) is 2.46. The third-order valence-electron chi connectivity index (χ3n) is 3.21. The first-order valence-corrected chi connectivity index (χ1v) is 9.70. The third-order valence-corrected chi connectivity index (χ3v) is 4.07. The minimum Gasteiger partial charge on any atom is -0.356 e. The summed E-state index contributed by atoms with van der Waals surface area (Å²) >= 11 is 0. The second-order valence-corrected chi connectivity index (χ2v) is 7.59. The zero-order valence-corrected chi connectivity index (χ0v) is 14.5. The van der Waals surface area contributed by atoms with Crippen molar-refractivity contribution in [2.75, 3.05) is 19.8 Å². The SMILES string of the molecule is CCCCCNC(=NC)NCc1ccc(CS(C)(=O)=O)cc1. The van der Waals surface area contributed by atoms with E-state index < -0.39 is 9.84 Å². The van der Waals surface area contributed by atoms with E-state index >= 15 is 0 Å². The van der Waals surface area contributed by atoms with E-state index in [0.717, 1.165) is 30.1 Å². The molecule has 0 aliphatic rings. The van der Waals surface area contributed by atoms with Crippen molar-refractivity contribution in [1.29, 1.82) is 0 Å². The molecule has 0 spiro atoms. The van der Waals surface area contributed by atoms with Crippen LogP contribution in [0.5, 0.6) is 0 Å². The zero-order valence-electron chi connectivity index (χ0n) is 13.7. The molecule has 0 saturated heterocycles. The number of benzene rings is 1. The molecule has 0 amide bonds. The van der Waals surface area contributed by atoms with Crippen molar-refractivity contribution in [1.82, 2.24) is 10.6 Å². The highest BCUT2D eigenvalue weighted by molar-refractivity contribution is 7.89. The van der Waals surface area contributed by atoms with Crippen LogP contribution in [-0.4, -0.2) is 34.2 Å². The Morgan fingerprint density at radius 3 is 2.27 bits per heavy atom. The molecule has 1 aromatic carbocycles. The molecule has 0 atom stereocenters. The van der Waals surface area contributed by atoms with Gasteiger partial charge >= 0.3 is 0 Å². The molecule has 0 saturated carbocycles. The summed E-state index contributed by atoms with van der Waals surface area (Å²) < 4.78 is 22.5. The molecule has 0 aliphatic carbocycles. The largest absolute Gasteiger partial charge is 0.356 e. The van der Waals surface area contributed by atoms with Crippen molar-refractivity contribution >= 4 is 15.8 Å². The van der Waals surface area contributed by atoms with Crippen molar-refractivity contribution in [3.63, 3.8) is 0 Å². The molecule has 124 valence electrons. The van der Waals surface area contributed by atoms with Crippen LogP contribution in [0.25, 0.3) is 0 Å². The first-order chi connectivity index (χ1) is 10.4. The fraction of sp³-hybridized carbons (Fsp3) is 0.562. The number of aliphatic imine (C=N–C) groups is 1. The van der Waals surface area contributed by atoms with Gasteiger partial charge in [-0.05, 0) is 17.5 Å². The molecule has 1 rings (SSSR count). The molecule has 0 fully saturated rings. The predicted molar refractivity (Wildman–Crippen MR) is 92.7 cm³/mol. The Kier molecular flexibility index (Phi) is 7.95. The Morgan fingerprint density at radius 1 is 1.09 bits per heavy atom. The zero-order chi connectivity index (χ0) is 16.4. The lowest BCUT2D eigenvalue weighted by molar-refractivity contribution is 0.601. The van der Waals surface area contributed by atoms with Gasteiger partial charge in [-0.3, -0.25) is 4.99 Å². The molecule has 0 aromatic heterocycles. The molecule has 0 aliphatic heterocycles. The first kappa shape index (κ1) is 18.5. The van der Waals surface area contributed by atoms with Gasteiger partial charge < -0.3 is 10.6 Å². The van der Waals surface area contributed by atoms with Gasteiger partial charge in [0.1, 0.15) is 0 Å². The van der Waals surface area contributed by atoms with Crippen LogP contribution in [-0.2, 0) is 22.1 Å². The molecule has 22 heavy (non-hydrogen) atoms. The lowest BCUT2D eigenvalue weighted by Gasteiger charge is -2.12. The number of unbranched alkanes of at least 4 members (excludes halogenated alkanes) is 2. The van der Waals surface area contributed by atoms with Crippen molar-refractivity contribution in [3.8, 4) is 0 Å². The highest BCUT2D eigenvalue weighted by Gasteiger charge is 2.04. The van der Waals surface area contributed by atoms with E-state index in [-0.39, 0.29) is 5.75 Å². The molecule has 2 N–H and O–H groups in total. The maximum absolute atomic E-state index is 11.3. The number of nitrogens with one attached hydrogen (secondary N) is 2. The summed E-state index contributed by atoms with van der Waals surface area (Å²) in [7, 11) is -1.23. The van der Waals surface area contributed by atoms with E-state index in [4.69, 9.17) is 0 Å². The van der Waals surface area contributed by atoms with Gasteiger partial charge in [0.15, 0.2) is 15.8 Å². The number of hydrogen-bond acceptors (Lipinski definition) is 3. The fourth-order valence-corrected chi connectivity index (χ4v) is 2.84. The Balaban J connectivity index is 2.43. The summed E-state index contributed by atoms with van der Waals surface area (Å²) in [4.78, 5) is 4.18. The van der Waals surface area contributed by atoms with Gasteiger partial charge in [0, 0.05) is 26.4 Å². The van der Waals surface area contributed by atoms with Gasteiger partial charge in [-0.15, -0.1) is 0 Å². The minimum atomic E-state index is -2.98. The van der Waals surface area contributed by atoms with E-state index in [0.29, 0.717) is 6.54 Å². The normalized spacial score (nSPS) is 12.2. The smallest absolute Gasteiger partial charge is 0.191 e. The maximum atomic E-state index is 11.3. The van der Waals surface area contributed by atoms with E-state index in [1.807, 2.05) is 24.3 Å². The van der Waals surface area contributed by atoms with Gasteiger partial charge in [-0.1, -0.05) is 44.0 Å². The quantitative estimate of drug-likeness (QED) is 0.436. The van der Waals surface area contributed by atoms with Gasteiger partial charge in [0.25, 0.3) is 0 Å². The Bertz CT molecular complexity index is 566. The number of hydrogen-bond donors (Lipinski definition) is 2. The monoisotopic (exact) mass is 325 g/mol. The molecule has 0 radical (unpaired) electrons. The van der Waals surface area contributed by atoms with E-state index in [9.17, 15) is 8.42 Å². The Morgan fingerprint density at radius 2 is 1.73 bits per heavy atom. The topological polar surface area (TPSA) is 70.6 Å². The first-order valence-electron chi connectivity index (χ1n) is 7.64. The van der Waals surface area contributed by atoms with Crippen LogP contribution < -0.4 is 10.6 Å². The van der Waals surface area contributed by atoms with Crippen molar-refractivity contribution in [2.45, 2.75) is 38.5 Å². The lowest BCUT2D eigenvalue weighted by Crippen LogP contribution is -2.37. The standard InChI is InChI=1S/C16H27N3O2S/c1-4-5-6-11-18-16(17-2)19-12-14-7-9-15(10-8-14)13-22(3,20)21/h7-10H,4-6,11-13H2,1-3H3,(H2,17,18,19). The summed E-state index contributed by atoms with van der Waals surface area (Å²) in [6.45, 7) is 3.76. The van der Waals surface area contributed by atoms with Crippen LogP contribution in [0.2, 0.25) is 0 Å². The summed E-state index contributed by atoms with van der Waals surface area (Å²) in [6, 6.07) is 7.60. The summed E-state index contributed by atoms with van der Waals surface area (Å²) in [6.07, 6.45) is 4.80. The summed E-state index contributed by atoms with van der Waals surface area (Å²) in [5.41, 5.74) is 1.90.